The highest BCUT2D eigenvalue weighted by molar-refractivity contribution is 5.79. The number of carboxylic acid groups (broad SMARTS) is 1. The lowest BCUT2D eigenvalue weighted by Gasteiger charge is -2.06. The standard InChI is InChI=1S/C11H14N2O3/c1-16-11-9(4-2-7-13-11)8-12-6-3-5-10(14)15/h2-5,7,12H,6,8H2,1H3,(H,14,15)/b5-3+. The molecule has 0 atom stereocenters. The van der Waals surface area contributed by atoms with Gasteiger partial charge in [0.05, 0.1) is 7.11 Å². The molecule has 0 spiro atoms. The molecule has 1 aromatic rings. The van der Waals surface area contributed by atoms with Crippen molar-refractivity contribution in [1.82, 2.24) is 10.3 Å². The topological polar surface area (TPSA) is 71.5 Å². The van der Waals surface area contributed by atoms with E-state index >= 15 is 0 Å². The normalized spacial score (nSPS) is 10.6. The number of nitrogens with one attached hydrogen (secondary N) is 1. The molecule has 5 nitrogen and oxygen atoms in total. The number of rotatable bonds is 6. The van der Waals surface area contributed by atoms with Gasteiger partial charge in [0.1, 0.15) is 0 Å². The molecule has 16 heavy (non-hydrogen) atoms. The smallest absolute Gasteiger partial charge is 0.328 e. The molecule has 0 unspecified atom stereocenters. The number of methoxy groups -OCH3 is 1. The number of nitrogens with zero attached hydrogens (tertiary/aromatic N) is 1. The Balaban J connectivity index is 2.40. The zero-order chi connectivity index (χ0) is 11.8. The van der Waals surface area contributed by atoms with E-state index in [0.717, 1.165) is 11.6 Å². The SMILES string of the molecule is COc1ncccc1CNC/C=C/C(=O)O. The van der Waals surface area contributed by atoms with E-state index < -0.39 is 5.97 Å². The minimum atomic E-state index is -0.944. The number of hydrogen-bond donors (Lipinski definition) is 2. The molecule has 0 fully saturated rings. The summed E-state index contributed by atoms with van der Waals surface area (Å²) in [6.45, 7) is 1.07. The molecule has 1 aromatic heterocycles. The molecule has 0 aliphatic rings. The number of carboxylic acids is 1. The number of hydrogen-bond acceptors (Lipinski definition) is 4. The van der Waals surface area contributed by atoms with E-state index in [1.54, 1.807) is 19.4 Å². The largest absolute Gasteiger partial charge is 0.481 e. The fourth-order valence-corrected chi connectivity index (χ4v) is 1.19. The van der Waals surface area contributed by atoms with Crippen LogP contribution in [0.15, 0.2) is 30.5 Å². The van der Waals surface area contributed by atoms with E-state index in [-0.39, 0.29) is 0 Å². The Hall–Kier alpha value is -1.88. The van der Waals surface area contributed by atoms with Gasteiger partial charge >= 0.3 is 5.97 Å². The van der Waals surface area contributed by atoms with Gasteiger partial charge in [-0.25, -0.2) is 9.78 Å². The lowest BCUT2D eigenvalue weighted by Crippen LogP contribution is -2.14. The second kappa shape index (κ2) is 6.58. The van der Waals surface area contributed by atoms with Crippen LogP contribution in [0.25, 0.3) is 0 Å². The first-order valence-corrected chi connectivity index (χ1v) is 4.82. The maximum atomic E-state index is 10.2. The van der Waals surface area contributed by atoms with E-state index in [0.29, 0.717) is 19.0 Å². The monoisotopic (exact) mass is 222 g/mol. The van der Waals surface area contributed by atoms with Gasteiger partial charge in [0.2, 0.25) is 5.88 Å². The molecule has 1 heterocycles. The van der Waals surface area contributed by atoms with E-state index in [1.807, 2.05) is 12.1 Å². The van der Waals surface area contributed by atoms with Crippen molar-refractivity contribution in [3.63, 3.8) is 0 Å². The molecule has 0 aliphatic carbocycles. The van der Waals surface area contributed by atoms with Crippen molar-refractivity contribution in [2.45, 2.75) is 6.54 Å². The summed E-state index contributed by atoms with van der Waals surface area (Å²) in [5, 5.41) is 11.4. The maximum Gasteiger partial charge on any atom is 0.328 e. The van der Waals surface area contributed by atoms with Crippen molar-refractivity contribution in [3.8, 4) is 5.88 Å². The Labute approximate surface area is 93.8 Å². The average Bonchev–Trinajstić information content (AvgIpc) is 2.29. The highest BCUT2D eigenvalue weighted by Crippen LogP contribution is 2.12. The van der Waals surface area contributed by atoms with Gasteiger partial charge in [-0.2, -0.15) is 0 Å². The van der Waals surface area contributed by atoms with Crippen molar-refractivity contribution in [2.24, 2.45) is 0 Å². The second-order valence-electron chi connectivity index (χ2n) is 3.04. The van der Waals surface area contributed by atoms with Crippen LogP contribution in [-0.2, 0) is 11.3 Å². The summed E-state index contributed by atoms with van der Waals surface area (Å²) in [5.74, 6) is -0.363. The van der Waals surface area contributed by atoms with Crippen molar-refractivity contribution in [3.05, 3.63) is 36.0 Å². The van der Waals surface area contributed by atoms with Crippen LogP contribution < -0.4 is 10.1 Å². The second-order valence-corrected chi connectivity index (χ2v) is 3.04. The van der Waals surface area contributed by atoms with Gasteiger partial charge in [-0.3, -0.25) is 0 Å². The van der Waals surface area contributed by atoms with Gasteiger partial charge in [0.15, 0.2) is 0 Å². The average molecular weight is 222 g/mol. The molecule has 0 bridgehead atoms. The van der Waals surface area contributed by atoms with Crippen LogP contribution in [-0.4, -0.2) is 29.7 Å². The molecule has 86 valence electrons. The zero-order valence-electron chi connectivity index (χ0n) is 9.01. The van der Waals surface area contributed by atoms with Gasteiger partial charge in [-0.05, 0) is 6.07 Å². The fourth-order valence-electron chi connectivity index (χ4n) is 1.19. The zero-order valence-corrected chi connectivity index (χ0v) is 9.01. The molecule has 1 rings (SSSR count). The summed E-state index contributed by atoms with van der Waals surface area (Å²) in [4.78, 5) is 14.2. The number of ether oxygens (including phenoxy) is 1. The van der Waals surface area contributed by atoms with E-state index in [1.165, 1.54) is 0 Å². The third kappa shape index (κ3) is 4.10. The van der Waals surface area contributed by atoms with Crippen LogP contribution in [0.5, 0.6) is 5.88 Å². The predicted molar refractivity (Wildman–Crippen MR) is 59.3 cm³/mol. The highest BCUT2D eigenvalue weighted by Gasteiger charge is 2.00. The summed E-state index contributed by atoms with van der Waals surface area (Å²) < 4.78 is 5.08. The summed E-state index contributed by atoms with van der Waals surface area (Å²) >= 11 is 0. The third-order valence-electron chi connectivity index (χ3n) is 1.88. The molecular formula is C11H14N2O3. The first kappa shape index (κ1) is 12.2. The van der Waals surface area contributed by atoms with Crippen molar-refractivity contribution < 1.29 is 14.6 Å². The van der Waals surface area contributed by atoms with Crippen LogP contribution in [0.3, 0.4) is 0 Å². The lowest BCUT2D eigenvalue weighted by molar-refractivity contribution is -0.131. The molecule has 0 saturated carbocycles. The van der Waals surface area contributed by atoms with Crippen LogP contribution in [0.1, 0.15) is 5.56 Å². The lowest BCUT2D eigenvalue weighted by atomic mass is 10.2. The molecule has 0 aromatic carbocycles. The predicted octanol–water partition coefficient (Wildman–Crippen LogP) is 0.821. The Morgan fingerprint density at radius 2 is 2.50 bits per heavy atom. The maximum absolute atomic E-state index is 10.2. The number of aromatic nitrogens is 1. The molecule has 0 aliphatic heterocycles. The molecule has 0 amide bonds. The van der Waals surface area contributed by atoms with Crippen LogP contribution in [0, 0.1) is 0 Å². The molecule has 0 radical (unpaired) electrons. The van der Waals surface area contributed by atoms with Gasteiger partial charge in [-0.1, -0.05) is 12.1 Å². The van der Waals surface area contributed by atoms with Crippen molar-refractivity contribution in [2.75, 3.05) is 13.7 Å². The van der Waals surface area contributed by atoms with Crippen LogP contribution >= 0.6 is 0 Å². The fraction of sp³-hybridized carbons (Fsp3) is 0.273. The summed E-state index contributed by atoms with van der Waals surface area (Å²) in [7, 11) is 1.57. The van der Waals surface area contributed by atoms with Crippen LogP contribution in [0.2, 0.25) is 0 Å². The van der Waals surface area contributed by atoms with Gasteiger partial charge in [-0.15, -0.1) is 0 Å². The first-order valence-electron chi connectivity index (χ1n) is 4.82. The number of carbonyl (C=O) groups is 1. The Bertz CT molecular complexity index is 377. The van der Waals surface area contributed by atoms with Gasteiger partial charge < -0.3 is 15.2 Å². The Kier molecular flexibility index (Phi) is 5.01. The third-order valence-corrected chi connectivity index (χ3v) is 1.88. The molecule has 5 heteroatoms. The first-order chi connectivity index (χ1) is 7.74. The summed E-state index contributed by atoms with van der Waals surface area (Å²) in [6.07, 6.45) is 4.31. The number of aliphatic carboxylic acids is 1. The van der Waals surface area contributed by atoms with Crippen molar-refractivity contribution >= 4 is 5.97 Å². The van der Waals surface area contributed by atoms with E-state index in [2.05, 4.69) is 10.3 Å². The van der Waals surface area contributed by atoms with E-state index in [4.69, 9.17) is 9.84 Å². The van der Waals surface area contributed by atoms with Gasteiger partial charge in [0, 0.05) is 30.9 Å². The number of pyridine rings is 1. The highest BCUT2D eigenvalue weighted by atomic mass is 16.5. The van der Waals surface area contributed by atoms with Gasteiger partial charge in [0.25, 0.3) is 0 Å². The summed E-state index contributed by atoms with van der Waals surface area (Å²) in [6, 6.07) is 3.73. The molecule has 2 N–H and O–H groups in total. The summed E-state index contributed by atoms with van der Waals surface area (Å²) in [5.41, 5.74) is 0.939. The minimum absolute atomic E-state index is 0.490. The Morgan fingerprint density at radius 1 is 1.69 bits per heavy atom. The Morgan fingerprint density at radius 3 is 3.19 bits per heavy atom. The minimum Gasteiger partial charge on any atom is -0.481 e. The molecular weight excluding hydrogens is 208 g/mol. The quantitative estimate of drug-likeness (QED) is 0.550. The molecule has 0 saturated heterocycles. The van der Waals surface area contributed by atoms with Crippen molar-refractivity contribution in [1.29, 1.82) is 0 Å². The van der Waals surface area contributed by atoms with E-state index in [9.17, 15) is 4.79 Å². The van der Waals surface area contributed by atoms with Crippen LogP contribution in [0.4, 0.5) is 0 Å².